The first-order chi connectivity index (χ1) is 16.6. The van der Waals surface area contributed by atoms with Crippen molar-refractivity contribution in [3.05, 3.63) is 100 Å². The summed E-state index contributed by atoms with van der Waals surface area (Å²) in [5.41, 5.74) is 3.89. The zero-order valence-corrected chi connectivity index (χ0v) is 18.9. The standard InChI is InChI=1S/C27H17N3O3S/c1-16-20(27(32)30(29-16)19-7-3-2-4-8-19)14-18-15-33-23-12-11-17(13-21(23)25(18)31)26-28-22-9-5-6-10-24(22)34-26/h2-15H,1H3. The van der Waals surface area contributed by atoms with Gasteiger partial charge in [-0.2, -0.15) is 10.1 Å². The smallest absolute Gasteiger partial charge is 0.280 e. The monoisotopic (exact) mass is 463 g/mol. The maximum atomic E-state index is 13.4. The predicted molar refractivity (Wildman–Crippen MR) is 136 cm³/mol. The molecular weight excluding hydrogens is 446 g/mol. The van der Waals surface area contributed by atoms with Gasteiger partial charge in [-0.15, -0.1) is 11.3 Å². The Hall–Kier alpha value is -4.36. The fourth-order valence-corrected chi connectivity index (χ4v) is 4.92. The van der Waals surface area contributed by atoms with Crippen LogP contribution in [-0.2, 0) is 4.79 Å². The van der Waals surface area contributed by atoms with Crippen LogP contribution in [0, 0.1) is 0 Å². The summed E-state index contributed by atoms with van der Waals surface area (Å²) in [6, 6.07) is 22.6. The molecule has 0 radical (unpaired) electrons. The first-order valence-electron chi connectivity index (χ1n) is 10.7. The van der Waals surface area contributed by atoms with Crippen LogP contribution in [0.1, 0.15) is 12.5 Å². The third-order valence-electron chi connectivity index (χ3n) is 5.70. The van der Waals surface area contributed by atoms with Gasteiger partial charge in [0.1, 0.15) is 16.9 Å². The lowest BCUT2D eigenvalue weighted by Crippen LogP contribution is -2.21. The summed E-state index contributed by atoms with van der Waals surface area (Å²) in [4.78, 5) is 31.1. The Morgan fingerprint density at radius 1 is 0.971 bits per heavy atom. The number of benzene rings is 3. The quantitative estimate of drug-likeness (QED) is 0.313. The Morgan fingerprint density at radius 3 is 2.59 bits per heavy atom. The lowest BCUT2D eigenvalue weighted by Gasteiger charge is -2.11. The summed E-state index contributed by atoms with van der Waals surface area (Å²) < 4.78 is 6.82. The maximum absolute atomic E-state index is 13.4. The number of hydrazone groups is 1. The van der Waals surface area contributed by atoms with Gasteiger partial charge in [0.15, 0.2) is 5.43 Å². The highest BCUT2D eigenvalue weighted by Crippen LogP contribution is 2.31. The van der Waals surface area contributed by atoms with Crippen LogP contribution in [0.3, 0.4) is 0 Å². The first-order valence-corrected chi connectivity index (χ1v) is 11.5. The number of nitrogens with zero attached hydrogens (tertiary/aromatic N) is 3. The van der Waals surface area contributed by atoms with E-state index in [1.807, 2.05) is 60.7 Å². The molecule has 3 aromatic carbocycles. The summed E-state index contributed by atoms with van der Waals surface area (Å²) in [5, 5.41) is 6.99. The second-order valence-corrected chi connectivity index (χ2v) is 8.94. The first kappa shape index (κ1) is 20.3. The molecule has 0 saturated heterocycles. The largest absolute Gasteiger partial charge is 0.463 e. The summed E-state index contributed by atoms with van der Waals surface area (Å²) in [6.45, 7) is 1.75. The normalized spacial score (nSPS) is 15.0. The highest BCUT2D eigenvalue weighted by molar-refractivity contribution is 7.21. The molecule has 0 bridgehead atoms. The van der Waals surface area contributed by atoms with E-state index in [1.54, 1.807) is 36.5 Å². The zero-order chi connectivity index (χ0) is 23.2. The lowest BCUT2D eigenvalue weighted by molar-refractivity contribution is -0.114. The highest BCUT2D eigenvalue weighted by Gasteiger charge is 2.29. The van der Waals surface area contributed by atoms with Crippen LogP contribution in [0.25, 0.3) is 37.8 Å². The average molecular weight is 464 g/mol. The highest BCUT2D eigenvalue weighted by atomic mass is 32.1. The molecule has 0 aliphatic carbocycles. The van der Waals surface area contributed by atoms with Crippen LogP contribution in [-0.4, -0.2) is 16.6 Å². The molecule has 6 rings (SSSR count). The molecule has 0 N–H and O–H groups in total. The van der Waals surface area contributed by atoms with Crippen LogP contribution in [0.5, 0.6) is 0 Å². The van der Waals surface area contributed by atoms with Gasteiger partial charge in [-0.1, -0.05) is 30.3 Å². The van der Waals surface area contributed by atoms with E-state index in [2.05, 4.69) is 5.10 Å². The van der Waals surface area contributed by atoms with Crippen LogP contribution in [0.2, 0.25) is 0 Å². The molecule has 0 fully saturated rings. The van der Waals surface area contributed by atoms with Crippen molar-refractivity contribution in [3.63, 3.8) is 0 Å². The van der Waals surface area contributed by atoms with Gasteiger partial charge < -0.3 is 4.42 Å². The zero-order valence-electron chi connectivity index (χ0n) is 18.1. The van der Waals surface area contributed by atoms with E-state index < -0.39 is 0 Å². The Kier molecular flexibility index (Phi) is 4.71. The van der Waals surface area contributed by atoms with Crippen molar-refractivity contribution in [2.24, 2.45) is 5.10 Å². The van der Waals surface area contributed by atoms with E-state index in [4.69, 9.17) is 9.40 Å². The van der Waals surface area contributed by atoms with Crippen LogP contribution in [0.4, 0.5) is 5.69 Å². The minimum Gasteiger partial charge on any atom is -0.463 e. The van der Waals surface area contributed by atoms with E-state index in [9.17, 15) is 9.59 Å². The molecule has 164 valence electrons. The minimum absolute atomic E-state index is 0.213. The number of carbonyl (C=O) groups excluding carboxylic acids is 1. The second kappa shape index (κ2) is 7.90. The van der Waals surface area contributed by atoms with E-state index >= 15 is 0 Å². The fraction of sp³-hybridized carbons (Fsp3) is 0.0370. The van der Waals surface area contributed by atoms with Gasteiger partial charge >= 0.3 is 0 Å². The third-order valence-corrected chi connectivity index (χ3v) is 6.79. The van der Waals surface area contributed by atoms with E-state index in [0.29, 0.717) is 33.5 Å². The van der Waals surface area contributed by atoms with Crippen LogP contribution in [0.15, 0.2) is 98.9 Å². The maximum Gasteiger partial charge on any atom is 0.280 e. The molecule has 0 unspecified atom stereocenters. The Labute approximate surface area is 198 Å². The van der Waals surface area contributed by atoms with Gasteiger partial charge in [0.25, 0.3) is 5.91 Å². The number of carbonyl (C=O) groups is 1. The molecule has 0 atom stereocenters. The number of para-hydroxylation sites is 2. The SMILES string of the molecule is CC1=NN(c2ccccc2)C(=O)C1=Cc1coc2ccc(-c3nc4ccccc4s3)cc2c1=O. The number of fused-ring (bicyclic) bond motifs is 2. The van der Waals surface area contributed by atoms with Crippen LogP contribution >= 0.6 is 11.3 Å². The molecular formula is C27H17N3O3S. The number of anilines is 1. The fourth-order valence-electron chi connectivity index (χ4n) is 3.96. The van der Waals surface area contributed by atoms with Gasteiger partial charge in [-0.25, -0.2) is 4.98 Å². The van der Waals surface area contributed by atoms with E-state index in [0.717, 1.165) is 20.8 Å². The molecule has 0 saturated carbocycles. The number of rotatable bonds is 3. The minimum atomic E-state index is -0.286. The van der Waals surface area contributed by atoms with Crippen molar-refractivity contribution in [1.29, 1.82) is 0 Å². The molecule has 1 amide bonds. The lowest BCUT2D eigenvalue weighted by atomic mass is 10.1. The number of thiazole rings is 1. The molecule has 5 aromatic rings. The van der Waals surface area contributed by atoms with Crippen molar-refractivity contribution >= 4 is 55.9 Å². The Morgan fingerprint density at radius 2 is 1.76 bits per heavy atom. The molecule has 1 aliphatic rings. The Bertz CT molecular complexity index is 1680. The summed E-state index contributed by atoms with van der Waals surface area (Å²) >= 11 is 1.57. The average Bonchev–Trinajstić information content (AvgIpc) is 3.42. The number of aromatic nitrogens is 1. The van der Waals surface area contributed by atoms with Crippen molar-refractivity contribution in [3.8, 4) is 10.6 Å². The summed E-state index contributed by atoms with van der Waals surface area (Å²) in [7, 11) is 0. The Balaban J connectivity index is 1.41. The van der Waals surface area contributed by atoms with Gasteiger partial charge in [0.05, 0.1) is 38.1 Å². The number of hydrogen-bond acceptors (Lipinski definition) is 6. The van der Waals surface area contributed by atoms with E-state index in [-0.39, 0.29) is 11.3 Å². The molecule has 6 nitrogen and oxygen atoms in total. The molecule has 1 aliphatic heterocycles. The molecule has 3 heterocycles. The summed E-state index contributed by atoms with van der Waals surface area (Å²) in [6.07, 6.45) is 2.94. The van der Waals surface area contributed by atoms with Crippen molar-refractivity contribution < 1.29 is 9.21 Å². The number of amides is 1. The van der Waals surface area contributed by atoms with Gasteiger partial charge in [0.2, 0.25) is 0 Å². The molecule has 7 heteroatoms. The second-order valence-electron chi connectivity index (χ2n) is 7.91. The van der Waals surface area contributed by atoms with Gasteiger partial charge in [0, 0.05) is 5.56 Å². The number of hydrogen-bond donors (Lipinski definition) is 0. The van der Waals surface area contributed by atoms with Crippen molar-refractivity contribution in [1.82, 2.24) is 4.98 Å². The molecule has 0 spiro atoms. The predicted octanol–water partition coefficient (Wildman–Crippen LogP) is 5.88. The van der Waals surface area contributed by atoms with E-state index in [1.165, 1.54) is 11.3 Å². The topological polar surface area (TPSA) is 75.8 Å². The third kappa shape index (κ3) is 3.34. The molecule has 34 heavy (non-hydrogen) atoms. The van der Waals surface area contributed by atoms with Gasteiger partial charge in [-0.3, -0.25) is 9.59 Å². The van der Waals surface area contributed by atoms with Crippen molar-refractivity contribution in [2.45, 2.75) is 6.92 Å². The van der Waals surface area contributed by atoms with Gasteiger partial charge in [-0.05, 0) is 55.5 Å². The molecule has 2 aromatic heterocycles. The van der Waals surface area contributed by atoms with Crippen molar-refractivity contribution in [2.75, 3.05) is 5.01 Å². The van der Waals surface area contributed by atoms with Crippen LogP contribution < -0.4 is 10.4 Å². The summed E-state index contributed by atoms with van der Waals surface area (Å²) in [5.74, 6) is -0.286.